The van der Waals surface area contributed by atoms with Crippen LogP contribution >= 0.6 is 0 Å². The van der Waals surface area contributed by atoms with Gasteiger partial charge in [-0.1, -0.05) is 13.0 Å². The second kappa shape index (κ2) is 9.77. The number of ether oxygens (including phenoxy) is 3. The average molecular weight is 508 g/mol. The van der Waals surface area contributed by atoms with Crippen molar-refractivity contribution in [1.82, 2.24) is 4.90 Å². The minimum atomic E-state index is -2.93. The van der Waals surface area contributed by atoms with Crippen molar-refractivity contribution in [3.63, 3.8) is 0 Å². The van der Waals surface area contributed by atoms with E-state index in [0.29, 0.717) is 25.1 Å². The van der Waals surface area contributed by atoms with Gasteiger partial charge in [-0.15, -0.1) is 0 Å². The number of carbonyl (C=O) groups excluding carboxylic acids is 1. The number of hydrogen-bond donors (Lipinski definition) is 0. The van der Waals surface area contributed by atoms with Crippen LogP contribution in [-0.2, 0) is 9.47 Å². The summed E-state index contributed by atoms with van der Waals surface area (Å²) in [4.78, 5) is 14.3. The van der Waals surface area contributed by atoms with Gasteiger partial charge in [-0.25, -0.2) is 18.0 Å². The van der Waals surface area contributed by atoms with Crippen molar-refractivity contribution >= 4 is 5.97 Å². The fourth-order valence-corrected chi connectivity index (χ4v) is 4.93. The van der Waals surface area contributed by atoms with E-state index < -0.39 is 35.8 Å². The van der Waals surface area contributed by atoms with Crippen LogP contribution in [0.2, 0.25) is 0 Å². The quantitative estimate of drug-likeness (QED) is 0.409. The van der Waals surface area contributed by atoms with E-state index in [1.54, 1.807) is 32.8 Å². The molecule has 0 N–H and O–H groups in total. The van der Waals surface area contributed by atoms with Crippen LogP contribution in [0.1, 0.15) is 75.2 Å². The van der Waals surface area contributed by atoms with Crippen LogP contribution in [0, 0.1) is 11.2 Å². The molecule has 4 rings (SSSR count). The highest BCUT2D eigenvalue weighted by atomic mass is 19.3. The van der Waals surface area contributed by atoms with Gasteiger partial charge in [0, 0.05) is 24.6 Å². The fourth-order valence-electron chi connectivity index (χ4n) is 4.93. The molecule has 1 unspecified atom stereocenters. The minimum absolute atomic E-state index is 0.120. The highest BCUT2D eigenvalue weighted by Gasteiger charge is 2.43. The molecule has 3 aliphatic rings. The van der Waals surface area contributed by atoms with Crippen molar-refractivity contribution in [2.24, 2.45) is 5.41 Å². The van der Waals surface area contributed by atoms with Gasteiger partial charge in [0.1, 0.15) is 29.0 Å². The summed E-state index contributed by atoms with van der Waals surface area (Å²) in [6, 6.07) is 2.63. The maximum atomic E-state index is 15.0. The Hall–Kier alpha value is -2.48. The summed E-state index contributed by atoms with van der Waals surface area (Å²) in [5.41, 5.74) is -0.548. The van der Waals surface area contributed by atoms with Gasteiger partial charge in [0.25, 0.3) is 5.92 Å². The Morgan fingerprint density at radius 2 is 1.94 bits per heavy atom. The monoisotopic (exact) mass is 507 g/mol. The van der Waals surface area contributed by atoms with E-state index in [2.05, 4.69) is 0 Å². The number of methoxy groups -OCH3 is 1. The highest BCUT2D eigenvalue weighted by molar-refractivity contribution is 5.90. The van der Waals surface area contributed by atoms with Crippen LogP contribution in [0.25, 0.3) is 0 Å². The molecule has 0 aromatic heterocycles. The molecule has 36 heavy (non-hydrogen) atoms. The third-order valence-corrected chi connectivity index (χ3v) is 6.71. The largest absolute Gasteiger partial charge is 0.497 e. The zero-order chi connectivity index (χ0) is 26.3. The molecular weight excluding hydrogens is 471 g/mol. The molecule has 1 heterocycles. The van der Waals surface area contributed by atoms with Crippen molar-refractivity contribution < 1.29 is 32.2 Å². The second-order valence-corrected chi connectivity index (χ2v) is 11.6. The lowest BCUT2D eigenvalue weighted by Gasteiger charge is -2.41. The standard InChI is InChI=1S/C28H36F3NO4/c1-26(2,3)36-25(33)22-12-21(18-6-7-18)24(13-23(22)29)35-20-14-28(30,31)17-32(15-20)16-27(4)10-8-19(34-5)9-11-27/h8-10,12-13,18,20H,6-7,11,14-17H2,1-5H3/t20-,27?/m1/s1. The molecule has 8 heteroatoms. The summed E-state index contributed by atoms with van der Waals surface area (Å²) in [5.74, 6) is -3.33. The van der Waals surface area contributed by atoms with Crippen molar-refractivity contribution in [2.75, 3.05) is 26.7 Å². The van der Waals surface area contributed by atoms with Crippen molar-refractivity contribution in [3.8, 4) is 5.75 Å². The summed E-state index contributed by atoms with van der Waals surface area (Å²) in [6.45, 7) is 7.57. The SMILES string of the molecule is COC1=CCC(C)(CN2C[C@H](Oc3cc(F)c(C(=O)OC(C)(C)C)cc3C3CC3)CC(F)(F)C2)C=C1. The molecule has 0 radical (unpaired) electrons. The summed E-state index contributed by atoms with van der Waals surface area (Å²) < 4.78 is 61.2. The van der Waals surface area contributed by atoms with E-state index in [1.165, 1.54) is 6.07 Å². The van der Waals surface area contributed by atoms with Crippen LogP contribution in [0.3, 0.4) is 0 Å². The van der Waals surface area contributed by atoms with Gasteiger partial charge in [0.15, 0.2) is 0 Å². The van der Waals surface area contributed by atoms with Gasteiger partial charge in [-0.05, 0) is 69.7 Å². The van der Waals surface area contributed by atoms with Crippen molar-refractivity contribution in [1.29, 1.82) is 0 Å². The third-order valence-electron chi connectivity index (χ3n) is 6.71. The Balaban J connectivity index is 1.51. The van der Waals surface area contributed by atoms with Crippen LogP contribution in [0.15, 0.2) is 36.1 Å². The molecule has 1 aromatic carbocycles. The summed E-state index contributed by atoms with van der Waals surface area (Å²) in [7, 11) is 1.60. The first-order chi connectivity index (χ1) is 16.8. The van der Waals surface area contributed by atoms with Gasteiger partial charge in [0.2, 0.25) is 0 Å². The van der Waals surface area contributed by atoms with Crippen LogP contribution in [0.4, 0.5) is 13.2 Å². The number of esters is 1. The van der Waals surface area contributed by atoms with Crippen LogP contribution in [-0.4, -0.2) is 55.2 Å². The first-order valence-corrected chi connectivity index (χ1v) is 12.5. The molecule has 198 valence electrons. The van der Waals surface area contributed by atoms with Crippen LogP contribution in [0.5, 0.6) is 5.75 Å². The maximum absolute atomic E-state index is 15.0. The molecular formula is C28H36F3NO4. The van der Waals surface area contributed by atoms with E-state index in [4.69, 9.17) is 14.2 Å². The number of benzene rings is 1. The Labute approximate surface area is 211 Å². The molecule has 2 aliphatic carbocycles. The number of carbonyl (C=O) groups is 1. The first-order valence-electron chi connectivity index (χ1n) is 12.5. The lowest BCUT2D eigenvalue weighted by atomic mass is 9.82. The number of allylic oxidation sites excluding steroid dienone is 2. The van der Waals surface area contributed by atoms with E-state index in [1.807, 2.05) is 25.2 Å². The first kappa shape index (κ1) is 26.6. The fraction of sp³-hybridized carbons (Fsp3) is 0.607. The smallest absolute Gasteiger partial charge is 0.341 e. The molecule has 0 spiro atoms. The summed E-state index contributed by atoms with van der Waals surface area (Å²) in [5, 5.41) is 0. The van der Waals surface area contributed by atoms with Gasteiger partial charge in [-0.2, -0.15) is 0 Å². The van der Waals surface area contributed by atoms with Gasteiger partial charge >= 0.3 is 5.97 Å². The zero-order valence-corrected chi connectivity index (χ0v) is 21.7. The number of likely N-dealkylation sites (tertiary alicyclic amines) is 1. The number of piperidine rings is 1. The molecule has 5 nitrogen and oxygen atoms in total. The minimum Gasteiger partial charge on any atom is -0.497 e. The molecule has 1 aliphatic heterocycles. The predicted octanol–water partition coefficient (Wildman–Crippen LogP) is 6.24. The van der Waals surface area contributed by atoms with E-state index in [-0.39, 0.29) is 29.2 Å². The summed E-state index contributed by atoms with van der Waals surface area (Å²) >= 11 is 0. The number of rotatable bonds is 7. The van der Waals surface area contributed by atoms with Crippen LogP contribution < -0.4 is 4.74 Å². The molecule has 1 aromatic rings. The molecule has 0 amide bonds. The van der Waals surface area contributed by atoms with Gasteiger partial charge in [0.05, 0.1) is 25.6 Å². The third kappa shape index (κ3) is 6.64. The van der Waals surface area contributed by atoms with E-state index in [9.17, 15) is 18.0 Å². The number of nitrogens with zero attached hydrogens (tertiary/aromatic N) is 1. The molecule has 1 saturated carbocycles. The topological polar surface area (TPSA) is 48.0 Å². The number of hydrogen-bond acceptors (Lipinski definition) is 5. The molecule has 0 bridgehead atoms. The summed E-state index contributed by atoms with van der Waals surface area (Å²) in [6.07, 6.45) is 7.04. The van der Waals surface area contributed by atoms with Gasteiger partial charge < -0.3 is 14.2 Å². The normalized spacial score (nSPS) is 26.3. The van der Waals surface area contributed by atoms with E-state index >= 15 is 0 Å². The van der Waals surface area contributed by atoms with Crippen molar-refractivity contribution in [2.45, 2.75) is 76.9 Å². The van der Waals surface area contributed by atoms with Gasteiger partial charge in [-0.3, -0.25) is 4.90 Å². The molecule has 1 saturated heterocycles. The zero-order valence-electron chi connectivity index (χ0n) is 21.7. The second-order valence-electron chi connectivity index (χ2n) is 11.6. The lowest BCUT2D eigenvalue weighted by Crippen LogP contribution is -2.53. The Kier molecular flexibility index (Phi) is 7.21. The Morgan fingerprint density at radius 3 is 2.53 bits per heavy atom. The lowest BCUT2D eigenvalue weighted by molar-refractivity contribution is -0.105. The molecule has 2 fully saturated rings. The maximum Gasteiger partial charge on any atom is 0.341 e. The van der Waals surface area contributed by atoms with E-state index in [0.717, 1.165) is 24.7 Å². The Morgan fingerprint density at radius 1 is 1.22 bits per heavy atom. The molecule has 2 atom stereocenters. The van der Waals surface area contributed by atoms with Crippen molar-refractivity contribution in [3.05, 3.63) is 53.1 Å². The Bertz CT molecular complexity index is 1060. The highest BCUT2D eigenvalue weighted by Crippen LogP contribution is 2.46. The average Bonchev–Trinajstić information content (AvgIpc) is 3.57. The number of alkyl halides is 2. The number of halogens is 3. The predicted molar refractivity (Wildman–Crippen MR) is 131 cm³/mol.